The number of benzene rings is 2. The Labute approximate surface area is 198 Å². The zero-order valence-electron chi connectivity index (χ0n) is 19.1. The van der Waals surface area contributed by atoms with Crippen LogP contribution in [0.2, 0.25) is 0 Å². The second-order valence-corrected chi connectivity index (χ2v) is 8.42. The zero-order valence-corrected chi connectivity index (χ0v) is 19.1. The molecule has 2 aromatic carbocycles. The Morgan fingerprint density at radius 3 is 2.62 bits per heavy atom. The van der Waals surface area contributed by atoms with Crippen LogP contribution in [-0.4, -0.2) is 38.7 Å². The zero-order chi connectivity index (χ0) is 23.5. The first-order chi connectivity index (χ1) is 16.7. The van der Waals surface area contributed by atoms with Gasteiger partial charge in [-0.05, 0) is 68.8 Å². The van der Waals surface area contributed by atoms with Crippen LogP contribution in [0, 0.1) is 11.8 Å². The number of ether oxygens (including phenoxy) is 1. The van der Waals surface area contributed by atoms with Gasteiger partial charge in [-0.2, -0.15) is 0 Å². The number of nitrogens with two attached hydrogens (primary N) is 1. The molecule has 4 aromatic rings. The van der Waals surface area contributed by atoms with Crippen LogP contribution in [0.3, 0.4) is 0 Å². The second kappa shape index (κ2) is 9.46. The summed E-state index contributed by atoms with van der Waals surface area (Å²) in [5.74, 6) is 7.89. The van der Waals surface area contributed by atoms with Crippen LogP contribution >= 0.6 is 0 Å². The van der Waals surface area contributed by atoms with Gasteiger partial charge in [0.25, 0.3) is 0 Å². The van der Waals surface area contributed by atoms with Gasteiger partial charge in [-0.3, -0.25) is 14.0 Å². The number of likely N-dealkylation sites (tertiary alicyclic amines) is 1. The molecule has 0 bridgehead atoms. The molecule has 0 radical (unpaired) electrons. The number of hydrogen-bond donors (Lipinski definition) is 1. The number of imidazole rings is 1. The lowest BCUT2D eigenvalue weighted by molar-refractivity contribution is 0.196. The molecule has 0 aliphatic carbocycles. The third kappa shape index (κ3) is 4.16. The summed E-state index contributed by atoms with van der Waals surface area (Å²) in [6, 6.07) is 19.0. The standard InChI is InChI=1S/C27H27N5O2/c1-2-3-17-30-18-7-8-21(19-30)31-24-15-16-29-26(28)25(24)32(27(31)33)20-11-13-23(14-12-20)34-22-9-5-4-6-10-22/h4-6,9-16,21H,7-8,17-19H2,1H3,(H2,28,29). The number of anilines is 1. The van der Waals surface area contributed by atoms with Crippen molar-refractivity contribution in [3.63, 3.8) is 0 Å². The maximum absolute atomic E-state index is 13.8. The average molecular weight is 454 g/mol. The van der Waals surface area contributed by atoms with Crippen molar-refractivity contribution in [3.05, 3.63) is 77.3 Å². The summed E-state index contributed by atoms with van der Waals surface area (Å²) in [5, 5.41) is 0. The molecule has 1 atom stereocenters. The number of pyridine rings is 1. The first-order valence-electron chi connectivity index (χ1n) is 11.5. The van der Waals surface area contributed by atoms with Gasteiger partial charge in [-0.15, -0.1) is 5.92 Å². The summed E-state index contributed by atoms with van der Waals surface area (Å²) in [4.78, 5) is 20.4. The van der Waals surface area contributed by atoms with Gasteiger partial charge in [0, 0.05) is 12.7 Å². The van der Waals surface area contributed by atoms with Gasteiger partial charge in [0.05, 0.1) is 23.8 Å². The molecule has 1 fully saturated rings. The summed E-state index contributed by atoms with van der Waals surface area (Å²) in [7, 11) is 0. The summed E-state index contributed by atoms with van der Waals surface area (Å²) in [6.45, 7) is 4.34. The molecule has 2 N–H and O–H groups in total. The van der Waals surface area contributed by atoms with Gasteiger partial charge in [-0.25, -0.2) is 9.78 Å². The number of fused-ring (bicyclic) bond motifs is 1. The van der Waals surface area contributed by atoms with Gasteiger partial charge in [0.15, 0.2) is 0 Å². The van der Waals surface area contributed by atoms with E-state index in [1.165, 1.54) is 0 Å². The SMILES string of the molecule is CC#CCN1CCCC(n2c(=O)n(-c3ccc(Oc4ccccc4)cc3)c3c(N)nccc32)C1. The lowest BCUT2D eigenvalue weighted by Gasteiger charge is -2.32. The van der Waals surface area contributed by atoms with Crippen molar-refractivity contribution in [1.29, 1.82) is 0 Å². The topological polar surface area (TPSA) is 78.3 Å². The molecule has 1 unspecified atom stereocenters. The molecule has 0 amide bonds. The Kier molecular flexibility index (Phi) is 6.07. The normalized spacial score (nSPS) is 16.2. The van der Waals surface area contributed by atoms with E-state index in [1.54, 1.807) is 10.8 Å². The number of nitrogens with zero attached hydrogens (tertiary/aromatic N) is 4. The Morgan fingerprint density at radius 2 is 1.85 bits per heavy atom. The minimum atomic E-state index is -0.111. The molecule has 5 rings (SSSR count). The maximum atomic E-state index is 13.8. The fourth-order valence-electron chi connectivity index (χ4n) is 4.65. The van der Waals surface area contributed by atoms with Crippen LogP contribution in [0.15, 0.2) is 71.7 Å². The molecule has 3 heterocycles. The van der Waals surface area contributed by atoms with Gasteiger partial charge >= 0.3 is 5.69 Å². The molecule has 2 aromatic heterocycles. The summed E-state index contributed by atoms with van der Waals surface area (Å²) >= 11 is 0. The van der Waals surface area contributed by atoms with Crippen molar-refractivity contribution >= 4 is 16.9 Å². The van der Waals surface area contributed by atoms with Crippen LogP contribution in [0.5, 0.6) is 11.5 Å². The third-order valence-corrected chi connectivity index (χ3v) is 6.21. The van der Waals surface area contributed by atoms with Gasteiger partial charge in [0.2, 0.25) is 0 Å². The highest BCUT2D eigenvalue weighted by molar-refractivity contribution is 5.87. The monoisotopic (exact) mass is 453 g/mol. The maximum Gasteiger partial charge on any atom is 0.334 e. The van der Waals surface area contributed by atoms with E-state index < -0.39 is 0 Å². The van der Waals surface area contributed by atoms with E-state index in [-0.39, 0.29) is 11.7 Å². The number of nitrogen functional groups attached to an aromatic ring is 1. The molecular formula is C27H27N5O2. The molecule has 1 aliphatic heterocycles. The lowest BCUT2D eigenvalue weighted by Crippen LogP contribution is -2.40. The minimum absolute atomic E-state index is 0.0474. The van der Waals surface area contributed by atoms with Crippen molar-refractivity contribution in [1.82, 2.24) is 19.0 Å². The van der Waals surface area contributed by atoms with Gasteiger partial charge < -0.3 is 10.5 Å². The van der Waals surface area contributed by atoms with E-state index >= 15 is 0 Å². The van der Waals surface area contributed by atoms with Crippen LogP contribution in [-0.2, 0) is 0 Å². The fourth-order valence-corrected chi connectivity index (χ4v) is 4.65. The first-order valence-corrected chi connectivity index (χ1v) is 11.5. The molecular weight excluding hydrogens is 426 g/mol. The number of rotatable bonds is 5. The molecule has 1 saturated heterocycles. The molecule has 172 valence electrons. The fraction of sp³-hybridized carbons (Fsp3) is 0.259. The first kappa shape index (κ1) is 21.8. The van der Waals surface area contributed by atoms with E-state index in [1.807, 2.05) is 72.2 Å². The van der Waals surface area contributed by atoms with E-state index in [4.69, 9.17) is 10.5 Å². The van der Waals surface area contributed by atoms with Crippen molar-refractivity contribution in [2.24, 2.45) is 0 Å². The quantitative estimate of drug-likeness (QED) is 0.458. The summed E-state index contributed by atoms with van der Waals surface area (Å²) in [6.07, 6.45) is 3.61. The Balaban J connectivity index is 1.54. The average Bonchev–Trinajstić information content (AvgIpc) is 3.17. The van der Waals surface area contributed by atoms with Crippen molar-refractivity contribution in [3.8, 4) is 29.0 Å². The second-order valence-electron chi connectivity index (χ2n) is 8.42. The van der Waals surface area contributed by atoms with E-state index in [0.29, 0.717) is 23.6 Å². The molecule has 7 heteroatoms. The highest BCUT2D eigenvalue weighted by atomic mass is 16.5. The van der Waals surface area contributed by atoms with E-state index in [0.717, 1.165) is 42.9 Å². The molecule has 7 nitrogen and oxygen atoms in total. The van der Waals surface area contributed by atoms with Crippen LogP contribution in [0.25, 0.3) is 16.7 Å². The minimum Gasteiger partial charge on any atom is -0.457 e. The van der Waals surface area contributed by atoms with Crippen molar-refractivity contribution in [2.75, 3.05) is 25.4 Å². The predicted octanol–water partition coefficient (Wildman–Crippen LogP) is 4.22. The third-order valence-electron chi connectivity index (χ3n) is 6.21. The lowest BCUT2D eigenvalue weighted by atomic mass is 10.1. The van der Waals surface area contributed by atoms with Crippen LogP contribution < -0.4 is 16.2 Å². The Hall–Kier alpha value is -4.02. The Morgan fingerprint density at radius 1 is 1.09 bits per heavy atom. The predicted molar refractivity (Wildman–Crippen MR) is 134 cm³/mol. The highest BCUT2D eigenvalue weighted by Gasteiger charge is 2.27. The molecule has 1 aliphatic rings. The van der Waals surface area contributed by atoms with Gasteiger partial charge in [0.1, 0.15) is 22.8 Å². The van der Waals surface area contributed by atoms with Crippen molar-refractivity contribution < 1.29 is 4.74 Å². The van der Waals surface area contributed by atoms with Crippen LogP contribution in [0.4, 0.5) is 5.82 Å². The van der Waals surface area contributed by atoms with Gasteiger partial charge in [-0.1, -0.05) is 24.1 Å². The highest BCUT2D eigenvalue weighted by Crippen LogP contribution is 2.29. The van der Waals surface area contributed by atoms with Crippen LogP contribution in [0.1, 0.15) is 25.8 Å². The summed E-state index contributed by atoms with van der Waals surface area (Å²) in [5.41, 5.74) is 8.34. The summed E-state index contributed by atoms with van der Waals surface area (Å²) < 4.78 is 9.45. The number of aromatic nitrogens is 3. The molecule has 34 heavy (non-hydrogen) atoms. The number of para-hydroxylation sites is 1. The van der Waals surface area contributed by atoms with E-state index in [9.17, 15) is 4.79 Å². The van der Waals surface area contributed by atoms with E-state index in [2.05, 4.69) is 21.7 Å². The molecule has 0 spiro atoms. The number of hydrogen-bond acceptors (Lipinski definition) is 5. The van der Waals surface area contributed by atoms with Crippen molar-refractivity contribution in [2.45, 2.75) is 25.8 Å². The Bertz CT molecular complexity index is 1410. The number of piperidine rings is 1. The smallest absolute Gasteiger partial charge is 0.334 e. The largest absolute Gasteiger partial charge is 0.457 e. The molecule has 0 saturated carbocycles.